The van der Waals surface area contributed by atoms with Gasteiger partial charge in [-0.1, -0.05) is 26.8 Å². The Kier molecular flexibility index (Phi) is 5.28. The molecule has 0 radical (unpaired) electrons. The first-order valence-electron chi connectivity index (χ1n) is 7.63. The van der Waals surface area contributed by atoms with Crippen molar-refractivity contribution in [2.75, 3.05) is 0 Å². The van der Waals surface area contributed by atoms with Gasteiger partial charge in [0.05, 0.1) is 5.69 Å². The Morgan fingerprint density at radius 3 is 2.67 bits per heavy atom. The Hall–Kier alpha value is -2.77. The fourth-order valence-electron chi connectivity index (χ4n) is 2.15. The van der Waals surface area contributed by atoms with Crippen molar-refractivity contribution in [2.45, 2.75) is 39.7 Å². The van der Waals surface area contributed by atoms with Gasteiger partial charge in [0.25, 0.3) is 5.91 Å². The summed E-state index contributed by atoms with van der Waals surface area (Å²) in [6.45, 7) is 6.09. The third-order valence-electron chi connectivity index (χ3n) is 3.51. The standard InChI is InChI=1S/C16H21N5O3/c1-16(2,3)8-7-13(15(23)24)18-14(22)11-5-4-6-12(9-11)21-10-17-19-20-21/h4-6,9-10,13H,7-8H2,1-3H3,(H,18,22)(H,23,24). The number of benzene rings is 1. The van der Waals surface area contributed by atoms with Crippen molar-refractivity contribution < 1.29 is 14.7 Å². The first-order valence-corrected chi connectivity index (χ1v) is 7.63. The summed E-state index contributed by atoms with van der Waals surface area (Å²) in [5, 5.41) is 22.8. The van der Waals surface area contributed by atoms with Crippen molar-refractivity contribution in [2.24, 2.45) is 5.41 Å². The van der Waals surface area contributed by atoms with Gasteiger partial charge in [0.15, 0.2) is 0 Å². The normalized spacial score (nSPS) is 12.6. The number of rotatable bonds is 6. The molecule has 0 aliphatic heterocycles. The van der Waals surface area contributed by atoms with Crippen LogP contribution in [-0.4, -0.2) is 43.2 Å². The zero-order valence-corrected chi connectivity index (χ0v) is 13.9. The summed E-state index contributed by atoms with van der Waals surface area (Å²) >= 11 is 0. The third-order valence-corrected chi connectivity index (χ3v) is 3.51. The number of nitrogens with zero attached hydrogens (tertiary/aromatic N) is 4. The summed E-state index contributed by atoms with van der Waals surface area (Å²) in [6.07, 6.45) is 2.48. The monoisotopic (exact) mass is 331 g/mol. The highest BCUT2D eigenvalue weighted by atomic mass is 16.4. The van der Waals surface area contributed by atoms with E-state index in [1.54, 1.807) is 24.3 Å². The molecule has 24 heavy (non-hydrogen) atoms. The van der Waals surface area contributed by atoms with Gasteiger partial charge >= 0.3 is 5.97 Å². The minimum atomic E-state index is -1.04. The van der Waals surface area contributed by atoms with Crippen LogP contribution in [0.25, 0.3) is 5.69 Å². The summed E-state index contributed by atoms with van der Waals surface area (Å²) in [4.78, 5) is 23.8. The number of carboxylic acids is 1. The number of aromatic nitrogens is 4. The largest absolute Gasteiger partial charge is 0.480 e. The highest BCUT2D eigenvalue weighted by Gasteiger charge is 2.23. The molecule has 1 amide bonds. The third kappa shape index (κ3) is 4.87. The van der Waals surface area contributed by atoms with Crippen LogP contribution in [0.15, 0.2) is 30.6 Å². The first-order chi connectivity index (χ1) is 11.3. The summed E-state index contributed by atoms with van der Waals surface area (Å²) in [5.41, 5.74) is 0.970. The summed E-state index contributed by atoms with van der Waals surface area (Å²) in [7, 11) is 0. The first kappa shape index (κ1) is 17.6. The predicted molar refractivity (Wildman–Crippen MR) is 86.7 cm³/mol. The lowest BCUT2D eigenvalue weighted by molar-refractivity contribution is -0.139. The molecule has 128 valence electrons. The van der Waals surface area contributed by atoms with Gasteiger partial charge in [-0.15, -0.1) is 5.10 Å². The molecule has 2 aromatic rings. The molecule has 1 unspecified atom stereocenters. The Labute approximate surface area is 139 Å². The molecule has 2 rings (SSSR count). The van der Waals surface area contributed by atoms with Gasteiger partial charge in [0.2, 0.25) is 0 Å². The SMILES string of the molecule is CC(C)(C)CCC(NC(=O)c1cccc(-n2cnnn2)c1)C(=O)O. The predicted octanol–water partition coefficient (Wildman–Crippen LogP) is 1.67. The van der Waals surface area contributed by atoms with Crippen molar-refractivity contribution >= 4 is 11.9 Å². The van der Waals surface area contributed by atoms with Crippen molar-refractivity contribution in [3.8, 4) is 5.69 Å². The number of nitrogens with one attached hydrogen (secondary N) is 1. The van der Waals surface area contributed by atoms with Crippen molar-refractivity contribution in [3.63, 3.8) is 0 Å². The van der Waals surface area contributed by atoms with Crippen LogP contribution in [0.5, 0.6) is 0 Å². The maximum Gasteiger partial charge on any atom is 0.326 e. The van der Waals surface area contributed by atoms with E-state index in [0.717, 1.165) is 0 Å². The van der Waals surface area contributed by atoms with Gasteiger partial charge < -0.3 is 10.4 Å². The quantitative estimate of drug-likeness (QED) is 0.833. The molecule has 0 aliphatic rings. The van der Waals surface area contributed by atoms with E-state index >= 15 is 0 Å². The molecular formula is C16H21N5O3. The zero-order valence-electron chi connectivity index (χ0n) is 13.9. The Bertz CT molecular complexity index is 707. The molecule has 1 aromatic carbocycles. The highest BCUT2D eigenvalue weighted by molar-refractivity contribution is 5.97. The number of aliphatic carboxylic acids is 1. The summed E-state index contributed by atoms with van der Waals surface area (Å²) < 4.78 is 1.42. The average molecular weight is 331 g/mol. The molecule has 0 aliphatic carbocycles. The van der Waals surface area contributed by atoms with E-state index in [1.807, 2.05) is 20.8 Å². The smallest absolute Gasteiger partial charge is 0.326 e. The second-order valence-electron chi connectivity index (χ2n) is 6.77. The van der Waals surface area contributed by atoms with E-state index in [1.165, 1.54) is 11.0 Å². The Morgan fingerprint density at radius 1 is 1.33 bits per heavy atom. The van der Waals surface area contributed by atoms with Crippen LogP contribution in [0.3, 0.4) is 0 Å². The number of carbonyl (C=O) groups excluding carboxylic acids is 1. The molecule has 1 heterocycles. The Balaban J connectivity index is 2.10. The van der Waals surface area contributed by atoms with Crippen LogP contribution in [0.1, 0.15) is 44.0 Å². The van der Waals surface area contributed by atoms with E-state index < -0.39 is 17.9 Å². The number of hydrogen-bond donors (Lipinski definition) is 2. The number of tetrazole rings is 1. The number of carboxylic acid groups (broad SMARTS) is 1. The number of carbonyl (C=O) groups is 2. The molecular weight excluding hydrogens is 310 g/mol. The number of amides is 1. The highest BCUT2D eigenvalue weighted by Crippen LogP contribution is 2.22. The van der Waals surface area contributed by atoms with E-state index in [4.69, 9.17) is 0 Å². The fourth-order valence-corrected chi connectivity index (χ4v) is 2.15. The molecule has 0 spiro atoms. The molecule has 0 saturated carbocycles. The average Bonchev–Trinajstić information content (AvgIpc) is 3.04. The van der Waals surface area contributed by atoms with E-state index in [2.05, 4.69) is 20.8 Å². The van der Waals surface area contributed by atoms with Crippen LogP contribution in [0.2, 0.25) is 0 Å². The van der Waals surface area contributed by atoms with E-state index in [0.29, 0.717) is 24.1 Å². The van der Waals surface area contributed by atoms with Gasteiger partial charge in [0.1, 0.15) is 12.4 Å². The zero-order chi connectivity index (χ0) is 17.7. The lowest BCUT2D eigenvalue weighted by atomic mass is 9.88. The van der Waals surface area contributed by atoms with E-state index in [9.17, 15) is 14.7 Å². The van der Waals surface area contributed by atoms with Crippen LogP contribution in [0.4, 0.5) is 0 Å². The maximum absolute atomic E-state index is 12.4. The molecule has 8 heteroatoms. The van der Waals surface area contributed by atoms with Crippen LogP contribution < -0.4 is 5.32 Å². The topological polar surface area (TPSA) is 110 Å². The molecule has 0 saturated heterocycles. The van der Waals surface area contributed by atoms with Crippen LogP contribution >= 0.6 is 0 Å². The summed E-state index contributed by atoms with van der Waals surface area (Å²) in [6, 6.07) is 5.74. The second-order valence-corrected chi connectivity index (χ2v) is 6.77. The molecule has 1 aromatic heterocycles. The second kappa shape index (κ2) is 7.20. The molecule has 0 fully saturated rings. The Morgan fingerprint density at radius 2 is 2.08 bits per heavy atom. The minimum Gasteiger partial charge on any atom is -0.480 e. The van der Waals surface area contributed by atoms with Gasteiger partial charge in [-0.25, -0.2) is 9.48 Å². The maximum atomic E-state index is 12.4. The molecule has 8 nitrogen and oxygen atoms in total. The molecule has 0 bridgehead atoms. The van der Waals surface area contributed by atoms with E-state index in [-0.39, 0.29) is 5.41 Å². The number of hydrogen-bond acceptors (Lipinski definition) is 5. The van der Waals surface area contributed by atoms with Crippen LogP contribution in [0, 0.1) is 5.41 Å². The lowest BCUT2D eigenvalue weighted by Crippen LogP contribution is -2.41. The van der Waals surface area contributed by atoms with Gasteiger partial charge in [-0.05, 0) is 46.9 Å². The van der Waals surface area contributed by atoms with Gasteiger partial charge in [-0.2, -0.15) is 0 Å². The van der Waals surface area contributed by atoms with Crippen molar-refractivity contribution in [1.29, 1.82) is 0 Å². The van der Waals surface area contributed by atoms with Crippen LogP contribution in [-0.2, 0) is 4.79 Å². The van der Waals surface area contributed by atoms with Gasteiger partial charge in [-0.3, -0.25) is 4.79 Å². The van der Waals surface area contributed by atoms with Crippen molar-refractivity contribution in [3.05, 3.63) is 36.2 Å². The van der Waals surface area contributed by atoms with Gasteiger partial charge in [0, 0.05) is 5.56 Å². The molecule has 1 atom stereocenters. The van der Waals surface area contributed by atoms with Crippen molar-refractivity contribution in [1.82, 2.24) is 25.5 Å². The fraction of sp³-hybridized carbons (Fsp3) is 0.438. The molecule has 2 N–H and O–H groups in total. The minimum absolute atomic E-state index is 0.00155. The summed E-state index contributed by atoms with van der Waals surface area (Å²) in [5.74, 6) is -1.48. The lowest BCUT2D eigenvalue weighted by Gasteiger charge is -2.21.